The van der Waals surface area contributed by atoms with Crippen LogP contribution in [0.25, 0.3) is 10.4 Å². The third-order valence-corrected chi connectivity index (χ3v) is 2.19. The van der Waals surface area contributed by atoms with Gasteiger partial charge in [-0.3, -0.25) is 0 Å². The quantitative estimate of drug-likeness (QED) is 0.431. The molecule has 0 saturated heterocycles. The van der Waals surface area contributed by atoms with Crippen LogP contribution in [0.15, 0.2) is 23.3 Å². The summed E-state index contributed by atoms with van der Waals surface area (Å²) in [6.45, 7) is 1.61. The van der Waals surface area contributed by atoms with Crippen molar-refractivity contribution >= 4 is 0 Å². The lowest BCUT2D eigenvalue weighted by molar-refractivity contribution is 0.170. The largest absolute Gasteiger partial charge is 0.486 e. The first-order valence-electron chi connectivity index (χ1n) is 4.80. The lowest BCUT2D eigenvalue weighted by Gasteiger charge is -2.20. The van der Waals surface area contributed by atoms with Crippen molar-refractivity contribution < 1.29 is 9.47 Å². The first kappa shape index (κ1) is 9.68. The van der Waals surface area contributed by atoms with Crippen LogP contribution >= 0.6 is 0 Å². The monoisotopic (exact) mass is 205 g/mol. The van der Waals surface area contributed by atoms with E-state index >= 15 is 0 Å². The fourth-order valence-corrected chi connectivity index (χ4v) is 1.55. The molecule has 0 aliphatic carbocycles. The molecule has 0 N–H and O–H groups in total. The molecule has 0 spiro atoms. The van der Waals surface area contributed by atoms with E-state index in [1.807, 2.05) is 18.2 Å². The second kappa shape index (κ2) is 4.57. The highest BCUT2D eigenvalue weighted by Gasteiger charge is 2.14. The molecule has 1 aliphatic rings. The molecule has 78 valence electrons. The van der Waals surface area contributed by atoms with E-state index in [0.717, 1.165) is 17.1 Å². The number of azide groups is 1. The summed E-state index contributed by atoms with van der Waals surface area (Å²) in [6.07, 6.45) is 0.677. The maximum Gasteiger partial charge on any atom is 0.164 e. The van der Waals surface area contributed by atoms with Crippen LogP contribution in [-0.2, 0) is 6.42 Å². The number of fused-ring (bicyclic) bond motifs is 1. The number of hydrogen-bond donors (Lipinski definition) is 0. The van der Waals surface area contributed by atoms with E-state index in [-0.39, 0.29) is 0 Å². The molecule has 0 radical (unpaired) electrons. The number of nitrogens with zero attached hydrogens (tertiary/aromatic N) is 3. The molecule has 2 rings (SSSR count). The Morgan fingerprint density at radius 3 is 3.07 bits per heavy atom. The van der Waals surface area contributed by atoms with Gasteiger partial charge in [-0.2, -0.15) is 0 Å². The zero-order valence-corrected chi connectivity index (χ0v) is 8.22. The van der Waals surface area contributed by atoms with Crippen molar-refractivity contribution in [3.8, 4) is 11.5 Å². The molecule has 5 nitrogen and oxygen atoms in total. The number of benzene rings is 1. The number of para-hydroxylation sites is 1. The third-order valence-electron chi connectivity index (χ3n) is 2.19. The van der Waals surface area contributed by atoms with Gasteiger partial charge in [0.1, 0.15) is 13.2 Å². The van der Waals surface area contributed by atoms with Crippen LogP contribution < -0.4 is 9.47 Å². The molecule has 0 unspecified atom stereocenters. The SMILES string of the molecule is [N-]=[N+]=NCCc1cccc2c1OCCO2. The topological polar surface area (TPSA) is 67.2 Å². The highest BCUT2D eigenvalue weighted by atomic mass is 16.6. The Labute approximate surface area is 87.2 Å². The van der Waals surface area contributed by atoms with Crippen LogP contribution in [0.2, 0.25) is 0 Å². The first-order valence-corrected chi connectivity index (χ1v) is 4.80. The maximum atomic E-state index is 8.19. The predicted octanol–water partition coefficient (Wildman–Crippen LogP) is 2.31. The van der Waals surface area contributed by atoms with E-state index < -0.39 is 0 Å². The molecule has 5 heteroatoms. The molecular formula is C10H11N3O2. The zero-order chi connectivity index (χ0) is 10.5. The van der Waals surface area contributed by atoms with Crippen molar-refractivity contribution in [2.24, 2.45) is 5.11 Å². The van der Waals surface area contributed by atoms with E-state index in [1.165, 1.54) is 0 Å². The molecule has 0 aromatic heterocycles. The Morgan fingerprint density at radius 2 is 2.20 bits per heavy atom. The summed E-state index contributed by atoms with van der Waals surface area (Å²) < 4.78 is 11.0. The van der Waals surface area contributed by atoms with Gasteiger partial charge in [-0.1, -0.05) is 17.2 Å². The van der Waals surface area contributed by atoms with Crippen LogP contribution in [0.1, 0.15) is 5.56 Å². The summed E-state index contributed by atoms with van der Waals surface area (Å²) in [5.74, 6) is 1.57. The minimum atomic E-state index is 0.441. The lowest BCUT2D eigenvalue weighted by Crippen LogP contribution is -2.16. The molecule has 15 heavy (non-hydrogen) atoms. The van der Waals surface area contributed by atoms with Gasteiger partial charge < -0.3 is 9.47 Å². The Hall–Kier alpha value is -1.87. The third kappa shape index (κ3) is 2.14. The van der Waals surface area contributed by atoms with Crippen LogP contribution in [-0.4, -0.2) is 19.8 Å². The summed E-state index contributed by atoms with van der Waals surface area (Å²) in [5, 5.41) is 3.50. The molecule has 1 heterocycles. The summed E-state index contributed by atoms with van der Waals surface area (Å²) >= 11 is 0. The van der Waals surface area contributed by atoms with Crippen molar-refractivity contribution in [2.45, 2.75) is 6.42 Å². The Bertz CT molecular complexity index is 400. The zero-order valence-electron chi connectivity index (χ0n) is 8.22. The Balaban J connectivity index is 2.19. The predicted molar refractivity (Wildman–Crippen MR) is 55.1 cm³/mol. The van der Waals surface area contributed by atoms with Gasteiger partial charge in [-0.25, -0.2) is 0 Å². The van der Waals surface area contributed by atoms with Gasteiger partial charge in [-0.15, -0.1) is 0 Å². The van der Waals surface area contributed by atoms with E-state index in [1.54, 1.807) is 0 Å². The van der Waals surface area contributed by atoms with E-state index in [9.17, 15) is 0 Å². The van der Waals surface area contributed by atoms with Gasteiger partial charge in [0.05, 0.1) is 0 Å². The van der Waals surface area contributed by atoms with Crippen LogP contribution in [0.5, 0.6) is 11.5 Å². The molecular weight excluding hydrogens is 194 g/mol. The maximum absolute atomic E-state index is 8.19. The van der Waals surface area contributed by atoms with Crippen molar-refractivity contribution in [1.29, 1.82) is 0 Å². The van der Waals surface area contributed by atoms with Crippen LogP contribution in [0.4, 0.5) is 0 Å². The Morgan fingerprint density at radius 1 is 1.33 bits per heavy atom. The highest BCUT2D eigenvalue weighted by molar-refractivity contribution is 5.47. The highest BCUT2D eigenvalue weighted by Crippen LogP contribution is 2.33. The second-order valence-corrected chi connectivity index (χ2v) is 3.15. The Kier molecular flexibility index (Phi) is 2.95. The number of ether oxygens (including phenoxy) is 2. The average molecular weight is 205 g/mol. The molecule has 0 amide bonds. The normalized spacial score (nSPS) is 13.1. The first-order chi connectivity index (χ1) is 7.42. The van der Waals surface area contributed by atoms with Crippen molar-refractivity contribution in [2.75, 3.05) is 19.8 Å². The van der Waals surface area contributed by atoms with Crippen LogP contribution in [0, 0.1) is 0 Å². The molecule has 1 aromatic carbocycles. The van der Waals surface area contributed by atoms with Gasteiger partial charge in [0.25, 0.3) is 0 Å². The lowest BCUT2D eigenvalue weighted by atomic mass is 10.1. The van der Waals surface area contributed by atoms with Crippen molar-refractivity contribution in [1.82, 2.24) is 0 Å². The average Bonchev–Trinajstić information content (AvgIpc) is 2.30. The van der Waals surface area contributed by atoms with Gasteiger partial charge in [0, 0.05) is 11.5 Å². The van der Waals surface area contributed by atoms with Crippen molar-refractivity contribution in [3.05, 3.63) is 34.2 Å². The smallest absolute Gasteiger partial charge is 0.164 e. The fourth-order valence-electron chi connectivity index (χ4n) is 1.55. The minimum absolute atomic E-state index is 0.441. The second-order valence-electron chi connectivity index (χ2n) is 3.15. The van der Waals surface area contributed by atoms with Gasteiger partial charge in [0.15, 0.2) is 11.5 Å². The van der Waals surface area contributed by atoms with Crippen molar-refractivity contribution in [3.63, 3.8) is 0 Å². The van der Waals surface area contributed by atoms with Crippen LogP contribution in [0.3, 0.4) is 0 Å². The summed E-state index contributed by atoms with van der Waals surface area (Å²) in [4.78, 5) is 2.72. The summed E-state index contributed by atoms with van der Waals surface area (Å²) in [6, 6.07) is 5.75. The van der Waals surface area contributed by atoms with Gasteiger partial charge >= 0.3 is 0 Å². The molecule has 0 saturated carbocycles. The van der Waals surface area contributed by atoms with Gasteiger partial charge in [0.2, 0.25) is 0 Å². The standard InChI is InChI=1S/C10H11N3O2/c11-13-12-5-4-8-2-1-3-9-10(8)15-7-6-14-9/h1-3H,4-7H2. The van der Waals surface area contributed by atoms with E-state index in [4.69, 9.17) is 15.0 Å². The molecule has 1 aliphatic heterocycles. The summed E-state index contributed by atoms with van der Waals surface area (Å²) in [7, 11) is 0. The van der Waals surface area contributed by atoms with E-state index in [2.05, 4.69) is 10.0 Å². The summed E-state index contributed by atoms with van der Waals surface area (Å²) in [5.41, 5.74) is 9.21. The van der Waals surface area contributed by atoms with Gasteiger partial charge in [-0.05, 0) is 23.6 Å². The molecule has 0 atom stereocenters. The van der Waals surface area contributed by atoms with E-state index in [0.29, 0.717) is 26.2 Å². The number of rotatable bonds is 3. The molecule has 1 aromatic rings. The number of hydrogen-bond acceptors (Lipinski definition) is 3. The molecule has 0 bridgehead atoms. The molecule has 0 fully saturated rings. The fraction of sp³-hybridized carbons (Fsp3) is 0.400. The minimum Gasteiger partial charge on any atom is -0.486 e.